The Morgan fingerprint density at radius 1 is 0.906 bits per heavy atom. The number of fused-ring (bicyclic) bond motifs is 1. The normalized spacial score (nSPS) is 20.0. The van der Waals surface area contributed by atoms with E-state index in [4.69, 9.17) is 9.47 Å². The number of nitrogens with zero attached hydrogens (tertiary/aromatic N) is 3. The number of anilines is 2. The van der Waals surface area contributed by atoms with Gasteiger partial charge in [-0.15, -0.1) is 10.2 Å². The number of ether oxygens (including phenoxy) is 2. The first-order chi connectivity index (χ1) is 15.7. The first-order valence-corrected chi connectivity index (χ1v) is 11.1. The van der Waals surface area contributed by atoms with Crippen molar-refractivity contribution >= 4 is 17.4 Å². The molecule has 1 aromatic heterocycles. The van der Waals surface area contributed by atoms with E-state index >= 15 is 0 Å². The van der Waals surface area contributed by atoms with Crippen LogP contribution in [0.1, 0.15) is 26.2 Å². The van der Waals surface area contributed by atoms with Crippen molar-refractivity contribution in [2.24, 2.45) is 0 Å². The van der Waals surface area contributed by atoms with Crippen molar-refractivity contribution < 1.29 is 14.3 Å². The van der Waals surface area contributed by atoms with Gasteiger partial charge in [-0.1, -0.05) is 24.3 Å². The van der Waals surface area contributed by atoms with E-state index < -0.39 is 12.2 Å². The second kappa shape index (κ2) is 8.86. The zero-order valence-corrected chi connectivity index (χ0v) is 18.0. The molecule has 0 spiro atoms. The Morgan fingerprint density at radius 3 is 2.31 bits per heavy atom. The van der Waals surface area contributed by atoms with Crippen LogP contribution in [0, 0.1) is 0 Å². The summed E-state index contributed by atoms with van der Waals surface area (Å²) in [5, 5.41) is 11.7. The number of carbonyl (C=O) groups excluding carboxylic acids is 1. The second-order valence-electron chi connectivity index (χ2n) is 8.20. The average molecular weight is 431 g/mol. The summed E-state index contributed by atoms with van der Waals surface area (Å²) in [7, 11) is 0. The van der Waals surface area contributed by atoms with Crippen LogP contribution in [0.15, 0.2) is 60.7 Å². The molecule has 2 aromatic carbocycles. The summed E-state index contributed by atoms with van der Waals surface area (Å²) >= 11 is 0. The Kier molecular flexibility index (Phi) is 5.62. The number of rotatable bonds is 4. The smallest absolute Gasteiger partial charge is 0.269 e. The number of aromatic nitrogens is 2. The van der Waals surface area contributed by atoms with Crippen LogP contribution in [0.25, 0.3) is 11.3 Å². The van der Waals surface area contributed by atoms with Gasteiger partial charge in [-0.25, -0.2) is 0 Å². The quantitative estimate of drug-likeness (QED) is 0.665. The molecule has 5 rings (SSSR count). The number of carbonyl (C=O) groups is 1. The molecule has 2 atom stereocenters. The van der Waals surface area contributed by atoms with E-state index in [1.54, 1.807) is 6.07 Å². The van der Waals surface area contributed by atoms with Crippen molar-refractivity contribution in [3.8, 4) is 22.8 Å². The Balaban J connectivity index is 1.23. The molecule has 7 nitrogen and oxygen atoms in total. The number of piperidine rings is 1. The predicted octanol–water partition coefficient (Wildman–Crippen LogP) is 4.30. The molecule has 1 fully saturated rings. The van der Waals surface area contributed by atoms with E-state index in [2.05, 4.69) is 20.4 Å². The lowest BCUT2D eigenvalue weighted by Crippen LogP contribution is -2.46. The molecule has 3 aromatic rings. The van der Waals surface area contributed by atoms with E-state index in [9.17, 15) is 4.79 Å². The van der Waals surface area contributed by atoms with Crippen LogP contribution >= 0.6 is 0 Å². The van der Waals surface area contributed by atoms with Crippen molar-refractivity contribution in [2.45, 2.75) is 38.4 Å². The summed E-state index contributed by atoms with van der Waals surface area (Å²) < 4.78 is 11.7. The highest BCUT2D eigenvalue weighted by Crippen LogP contribution is 2.33. The zero-order chi connectivity index (χ0) is 21.9. The lowest BCUT2D eigenvalue weighted by molar-refractivity contribution is -0.128. The molecule has 0 aliphatic carbocycles. The van der Waals surface area contributed by atoms with Crippen LogP contribution in [0.2, 0.25) is 0 Å². The standard InChI is InChI=1S/C25H26N4O3/c1-17-24(32-22-8-4-3-7-21(22)31-17)25(30)26-19-11-9-18(10-12-19)20-13-14-23(28-27-20)29-15-5-2-6-16-29/h3-4,7-14,17,24H,2,5-6,15-16H2,1H3,(H,26,30)/t17-,24-/m1/s1. The van der Waals surface area contributed by atoms with Gasteiger partial charge in [0.25, 0.3) is 5.91 Å². The number of hydrogen-bond donors (Lipinski definition) is 1. The van der Waals surface area contributed by atoms with Gasteiger partial charge in [0, 0.05) is 24.3 Å². The van der Waals surface area contributed by atoms with Crippen LogP contribution in [-0.4, -0.2) is 41.4 Å². The highest BCUT2D eigenvalue weighted by Gasteiger charge is 2.34. The Bertz CT molecular complexity index is 1080. The van der Waals surface area contributed by atoms with Gasteiger partial charge in [-0.05, 0) is 62.6 Å². The molecule has 0 saturated carbocycles. The third kappa shape index (κ3) is 4.23. The third-order valence-corrected chi connectivity index (χ3v) is 5.88. The maximum atomic E-state index is 12.8. The first-order valence-electron chi connectivity index (χ1n) is 11.1. The predicted molar refractivity (Wildman–Crippen MR) is 123 cm³/mol. The molecule has 2 aliphatic rings. The van der Waals surface area contributed by atoms with Gasteiger partial charge in [0.1, 0.15) is 6.10 Å². The highest BCUT2D eigenvalue weighted by atomic mass is 16.6. The zero-order valence-electron chi connectivity index (χ0n) is 18.0. The minimum Gasteiger partial charge on any atom is -0.482 e. The van der Waals surface area contributed by atoms with Gasteiger partial charge in [-0.3, -0.25) is 4.79 Å². The fraction of sp³-hybridized carbons (Fsp3) is 0.320. The van der Waals surface area contributed by atoms with E-state index in [0.717, 1.165) is 30.2 Å². The Labute approximate surface area is 187 Å². The molecular weight excluding hydrogens is 404 g/mol. The number of nitrogens with one attached hydrogen (secondary N) is 1. The number of para-hydroxylation sites is 2. The largest absolute Gasteiger partial charge is 0.482 e. The van der Waals surface area contributed by atoms with Crippen LogP contribution in [-0.2, 0) is 4.79 Å². The summed E-state index contributed by atoms with van der Waals surface area (Å²) in [6.07, 6.45) is 2.59. The summed E-state index contributed by atoms with van der Waals surface area (Å²) in [6.45, 7) is 3.92. The van der Waals surface area contributed by atoms with Crippen LogP contribution < -0.4 is 19.7 Å². The van der Waals surface area contributed by atoms with E-state index in [1.165, 1.54) is 19.3 Å². The molecule has 7 heteroatoms. The molecule has 3 heterocycles. The lowest BCUT2D eigenvalue weighted by atomic mass is 10.1. The van der Waals surface area contributed by atoms with E-state index in [0.29, 0.717) is 17.2 Å². The SMILES string of the molecule is C[C@H]1Oc2ccccc2O[C@H]1C(=O)Nc1ccc(-c2ccc(N3CCCCC3)nn2)cc1. The molecule has 0 bridgehead atoms. The Hall–Kier alpha value is -3.61. The highest BCUT2D eigenvalue weighted by molar-refractivity contribution is 5.95. The number of benzene rings is 2. The maximum Gasteiger partial charge on any atom is 0.269 e. The van der Waals surface area contributed by atoms with Gasteiger partial charge >= 0.3 is 0 Å². The van der Waals surface area contributed by atoms with E-state index in [-0.39, 0.29) is 5.91 Å². The molecule has 2 aliphatic heterocycles. The van der Waals surface area contributed by atoms with Gasteiger partial charge in [-0.2, -0.15) is 0 Å². The monoisotopic (exact) mass is 430 g/mol. The third-order valence-electron chi connectivity index (χ3n) is 5.88. The van der Waals surface area contributed by atoms with Gasteiger partial charge in [0.05, 0.1) is 5.69 Å². The minimum atomic E-state index is -0.724. The van der Waals surface area contributed by atoms with Crippen molar-refractivity contribution in [2.75, 3.05) is 23.3 Å². The average Bonchev–Trinajstić information content (AvgIpc) is 2.85. The molecule has 1 N–H and O–H groups in total. The Morgan fingerprint density at radius 2 is 1.62 bits per heavy atom. The van der Waals surface area contributed by atoms with Crippen LogP contribution in [0.5, 0.6) is 11.5 Å². The topological polar surface area (TPSA) is 76.6 Å². The lowest BCUT2D eigenvalue weighted by Gasteiger charge is -2.31. The van der Waals surface area contributed by atoms with Crippen LogP contribution in [0.4, 0.5) is 11.5 Å². The van der Waals surface area contributed by atoms with Gasteiger partial charge in [0.15, 0.2) is 17.3 Å². The number of amides is 1. The summed E-state index contributed by atoms with van der Waals surface area (Å²) in [5.41, 5.74) is 2.43. The van der Waals surface area contributed by atoms with E-state index in [1.807, 2.05) is 61.5 Å². The molecule has 0 radical (unpaired) electrons. The fourth-order valence-corrected chi connectivity index (χ4v) is 4.11. The summed E-state index contributed by atoms with van der Waals surface area (Å²) in [5.74, 6) is 1.92. The fourth-order valence-electron chi connectivity index (χ4n) is 4.11. The van der Waals surface area contributed by atoms with Crippen molar-refractivity contribution in [3.63, 3.8) is 0 Å². The molecule has 1 saturated heterocycles. The maximum absolute atomic E-state index is 12.8. The van der Waals surface area contributed by atoms with Crippen LogP contribution in [0.3, 0.4) is 0 Å². The number of hydrogen-bond acceptors (Lipinski definition) is 6. The second-order valence-corrected chi connectivity index (χ2v) is 8.20. The first kappa shape index (κ1) is 20.3. The molecular formula is C25H26N4O3. The molecule has 1 amide bonds. The minimum absolute atomic E-state index is 0.245. The summed E-state index contributed by atoms with van der Waals surface area (Å²) in [6, 6.07) is 19.0. The molecule has 0 unspecified atom stereocenters. The van der Waals surface area contributed by atoms with Crippen molar-refractivity contribution in [3.05, 3.63) is 60.7 Å². The molecule has 32 heavy (non-hydrogen) atoms. The van der Waals surface area contributed by atoms with Gasteiger partial charge < -0.3 is 19.7 Å². The van der Waals surface area contributed by atoms with Crippen molar-refractivity contribution in [1.82, 2.24) is 10.2 Å². The van der Waals surface area contributed by atoms with Gasteiger partial charge in [0.2, 0.25) is 6.10 Å². The molecule has 164 valence electrons. The van der Waals surface area contributed by atoms with Crippen molar-refractivity contribution in [1.29, 1.82) is 0 Å². The summed E-state index contributed by atoms with van der Waals surface area (Å²) in [4.78, 5) is 15.1.